The van der Waals surface area contributed by atoms with Crippen LogP contribution in [-0.4, -0.2) is 7.11 Å². The van der Waals surface area contributed by atoms with Gasteiger partial charge in [0.2, 0.25) is 0 Å². The summed E-state index contributed by atoms with van der Waals surface area (Å²) in [6.07, 6.45) is 2.97. The molecule has 0 radical (unpaired) electrons. The molecule has 0 amide bonds. The molecule has 2 aromatic rings. The van der Waals surface area contributed by atoms with Crippen LogP contribution in [0.25, 0.3) is 10.4 Å². The molecule has 2 atom stereocenters. The molecule has 4 heteroatoms. The topological polar surface area (TPSA) is 58.0 Å². The Morgan fingerprint density at radius 2 is 2.05 bits per heavy atom. The van der Waals surface area contributed by atoms with Crippen LogP contribution in [0.5, 0.6) is 5.75 Å². The second kappa shape index (κ2) is 6.54. The molecule has 4 nitrogen and oxygen atoms in total. The van der Waals surface area contributed by atoms with Gasteiger partial charge in [0.25, 0.3) is 0 Å². The number of ether oxygens (including phenoxy) is 1. The maximum atomic E-state index is 8.96. The van der Waals surface area contributed by atoms with Gasteiger partial charge in [-0.05, 0) is 59.5 Å². The van der Waals surface area contributed by atoms with Crippen LogP contribution < -0.4 is 4.74 Å². The quantitative estimate of drug-likeness (QED) is 0.451. The number of hydrogen-bond donors (Lipinski definition) is 0. The summed E-state index contributed by atoms with van der Waals surface area (Å²) in [6, 6.07) is 16.4. The van der Waals surface area contributed by atoms with Crippen molar-refractivity contribution in [1.29, 1.82) is 0 Å². The molecule has 112 valence electrons. The monoisotopic (exact) mass is 293 g/mol. The average molecular weight is 293 g/mol. The lowest BCUT2D eigenvalue weighted by Crippen LogP contribution is -2.21. The molecule has 0 saturated carbocycles. The summed E-state index contributed by atoms with van der Waals surface area (Å²) in [4.78, 5) is 3.09. The van der Waals surface area contributed by atoms with Crippen LogP contribution in [-0.2, 0) is 12.8 Å². The van der Waals surface area contributed by atoms with Gasteiger partial charge in [-0.3, -0.25) is 0 Å². The minimum atomic E-state index is -0.0973. The van der Waals surface area contributed by atoms with E-state index >= 15 is 0 Å². The third-order valence-corrected chi connectivity index (χ3v) is 4.42. The average Bonchev–Trinajstić information content (AvgIpc) is 2.57. The lowest BCUT2D eigenvalue weighted by atomic mass is 9.77. The fourth-order valence-corrected chi connectivity index (χ4v) is 3.31. The van der Waals surface area contributed by atoms with Crippen molar-refractivity contribution in [3.63, 3.8) is 0 Å². The summed E-state index contributed by atoms with van der Waals surface area (Å²) in [5.74, 6) is 1.21. The fraction of sp³-hybridized carbons (Fsp3) is 0.333. The normalized spacial score (nSPS) is 19.9. The molecule has 22 heavy (non-hydrogen) atoms. The van der Waals surface area contributed by atoms with Crippen LogP contribution in [0.1, 0.15) is 29.2 Å². The predicted molar refractivity (Wildman–Crippen MR) is 86.8 cm³/mol. The lowest BCUT2D eigenvalue weighted by molar-refractivity contribution is 0.372. The van der Waals surface area contributed by atoms with E-state index in [1.54, 1.807) is 7.11 Å². The number of methoxy groups -OCH3 is 1. The van der Waals surface area contributed by atoms with E-state index in [-0.39, 0.29) is 6.04 Å². The summed E-state index contributed by atoms with van der Waals surface area (Å²) in [5, 5.41) is 4.10. The van der Waals surface area contributed by atoms with E-state index in [9.17, 15) is 0 Å². The van der Waals surface area contributed by atoms with Crippen LogP contribution >= 0.6 is 0 Å². The van der Waals surface area contributed by atoms with Gasteiger partial charge in [0, 0.05) is 4.91 Å². The zero-order valence-electron chi connectivity index (χ0n) is 12.6. The minimum absolute atomic E-state index is 0.0973. The smallest absolute Gasteiger partial charge is 0.119 e. The molecule has 0 spiro atoms. The maximum absolute atomic E-state index is 8.96. The first-order chi connectivity index (χ1) is 10.8. The molecule has 0 bridgehead atoms. The summed E-state index contributed by atoms with van der Waals surface area (Å²) in [5.41, 5.74) is 12.6. The molecule has 2 unspecified atom stereocenters. The number of rotatable bonds is 4. The zero-order chi connectivity index (χ0) is 15.4. The van der Waals surface area contributed by atoms with Gasteiger partial charge in [0.05, 0.1) is 13.2 Å². The second-order valence-electron chi connectivity index (χ2n) is 5.70. The number of nitrogens with zero attached hydrogens (tertiary/aromatic N) is 3. The molecule has 3 rings (SSSR count). The van der Waals surface area contributed by atoms with Crippen molar-refractivity contribution in [2.75, 3.05) is 7.11 Å². The van der Waals surface area contributed by atoms with E-state index < -0.39 is 0 Å². The largest absolute Gasteiger partial charge is 0.497 e. The Morgan fingerprint density at radius 1 is 1.23 bits per heavy atom. The van der Waals surface area contributed by atoms with Gasteiger partial charge in [-0.2, -0.15) is 0 Å². The lowest BCUT2D eigenvalue weighted by Gasteiger charge is -2.31. The van der Waals surface area contributed by atoms with Crippen molar-refractivity contribution in [3.05, 3.63) is 75.7 Å². The van der Waals surface area contributed by atoms with Gasteiger partial charge >= 0.3 is 0 Å². The van der Waals surface area contributed by atoms with Gasteiger partial charge in [-0.25, -0.2) is 0 Å². The highest BCUT2D eigenvalue weighted by Gasteiger charge is 2.29. The first-order valence-corrected chi connectivity index (χ1v) is 7.56. The van der Waals surface area contributed by atoms with Crippen molar-refractivity contribution < 1.29 is 4.74 Å². The number of azide groups is 1. The molecule has 1 aliphatic rings. The third kappa shape index (κ3) is 2.92. The van der Waals surface area contributed by atoms with E-state index in [2.05, 4.69) is 40.4 Å². The molecular weight excluding hydrogens is 274 g/mol. The fourth-order valence-electron chi connectivity index (χ4n) is 3.31. The van der Waals surface area contributed by atoms with Crippen LogP contribution in [0.2, 0.25) is 0 Å². The molecule has 0 aromatic heterocycles. The first kappa shape index (κ1) is 14.5. The molecule has 0 heterocycles. The predicted octanol–water partition coefficient (Wildman–Crippen LogP) is 4.85. The Labute approximate surface area is 130 Å². The summed E-state index contributed by atoms with van der Waals surface area (Å²) in [7, 11) is 1.67. The van der Waals surface area contributed by atoms with Gasteiger partial charge in [-0.15, -0.1) is 0 Å². The summed E-state index contributed by atoms with van der Waals surface area (Å²) in [6.45, 7) is 0. The van der Waals surface area contributed by atoms with Crippen molar-refractivity contribution in [2.24, 2.45) is 11.0 Å². The van der Waals surface area contributed by atoms with Crippen LogP contribution in [0.3, 0.4) is 0 Å². The molecule has 0 aliphatic heterocycles. The van der Waals surface area contributed by atoms with Gasteiger partial charge in [0.1, 0.15) is 5.75 Å². The van der Waals surface area contributed by atoms with Crippen LogP contribution in [0.15, 0.2) is 53.6 Å². The van der Waals surface area contributed by atoms with Crippen molar-refractivity contribution in [1.82, 2.24) is 0 Å². The highest BCUT2D eigenvalue weighted by atomic mass is 16.5. The molecule has 2 aromatic carbocycles. The zero-order valence-corrected chi connectivity index (χ0v) is 12.6. The highest BCUT2D eigenvalue weighted by Crippen LogP contribution is 2.40. The van der Waals surface area contributed by atoms with E-state index in [0.29, 0.717) is 5.92 Å². The Bertz CT molecular complexity index is 693. The molecular formula is C18H19N3O. The maximum Gasteiger partial charge on any atom is 0.119 e. The van der Waals surface area contributed by atoms with E-state index in [0.717, 1.165) is 30.6 Å². The van der Waals surface area contributed by atoms with Crippen LogP contribution in [0.4, 0.5) is 0 Å². The summed E-state index contributed by atoms with van der Waals surface area (Å²) < 4.78 is 5.29. The van der Waals surface area contributed by atoms with Crippen molar-refractivity contribution in [3.8, 4) is 5.75 Å². The first-order valence-electron chi connectivity index (χ1n) is 7.56. The molecule has 0 fully saturated rings. The van der Waals surface area contributed by atoms with Gasteiger partial charge in [-0.1, -0.05) is 41.5 Å². The highest BCUT2D eigenvalue weighted by molar-refractivity contribution is 5.40. The Kier molecular flexibility index (Phi) is 4.31. The molecule has 1 aliphatic carbocycles. The van der Waals surface area contributed by atoms with Gasteiger partial charge < -0.3 is 4.74 Å². The second-order valence-corrected chi connectivity index (χ2v) is 5.70. The number of hydrogen-bond acceptors (Lipinski definition) is 2. The Morgan fingerprint density at radius 3 is 2.77 bits per heavy atom. The van der Waals surface area contributed by atoms with Crippen LogP contribution in [0, 0.1) is 5.92 Å². The van der Waals surface area contributed by atoms with E-state index in [1.165, 1.54) is 11.1 Å². The van der Waals surface area contributed by atoms with Crippen molar-refractivity contribution in [2.45, 2.75) is 25.3 Å². The third-order valence-electron chi connectivity index (χ3n) is 4.42. The molecule has 0 saturated heterocycles. The minimum Gasteiger partial charge on any atom is -0.497 e. The van der Waals surface area contributed by atoms with E-state index in [4.69, 9.17) is 10.3 Å². The van der Waals surface area contributed by atoms with E-state index in [1.807, 2.05) is 18.2 Å². The molecule has 0 N–H and O–H groups in total. The number of benzene rings is 2. The number of fused-ring (bicyclic) bond motifs is 1. The summed E-state index contributed by atoms with van der Waals surface area (Å²) >= 11 is 0. The standard InChI is InChI=1S/C18H19N3O/c1-22-16-9-10-17-14(12-16)7-8-15(18(17)20-21-19)11-13-5-3-2-4-6-13/h2-6,9-10,12,15,18H,7-8,11H2,1H3. The van der Waals surface area contributed by atoms with Crippen molar-refractivity contribution >= 4 is 0 Å². The SMILES string of the molecule is COc1ccc2c(c1)CCC(Cc1ccccc1)C2N=[N+]=[N-]. The Hall–Kier alpha value is -2.45. The van der Waals surface area contributed by atoms with Gasteiger partial charge in [0.15, 0.2) is 0 Å². The Balaban J connectivity index is 1.91. The number of aryl methyl sites for hydroxylation is 1.